The SMILES string of the molecule is CCN1c2ccccc2Cc2cc(NC(=O)CCl)ccc21. The number of carbonyl (C=O) groups is 1. The molecule has 21 heavy (non-hydrogen) atoms. The number of amides is 1. The van der Waals surface area contributed by atoms with Crippen molar-refractivity contribution in [2.24, 2.45) is 0 Å². The Morgan fingerprint density at radius 1 is 1.19 bits per heavy atom. The number of anilines is 3. The maximum atomic E-state index is 11.4. The van der Waals surface area contributed by atoms with E-state index in [1.807, 2.05) is 12.1 Å². The van der Waals surface area contributed by atoms with Gasteiger partial charge >= 0.3 is 0 Å². The van der Waals surface area contributed by atoms with Crippen LogP contribution in [0.15, 0.2) is 42.5 Å². The highest BCUT2D eigenvalue weighted by molar-refractivity contribution is 6.29. The minimum Gasteiger partial charge on any atom is -0.341 e. The fraction of sp³-hybridized carbons (Fsp3) is 0.235. The summed E-state index contributed by atoms with van der Waals surface area (Å²) in [4.78, 5) is 13.7. The minimum absolute atomic E-state index is 0.0268. The lowest BCUT2D eigenvalue weighted by atomic mass is 9.95. The Balaban J connectivity index is 1.99. The Morgan fingerprint density at radius 2 is 1.95 bits per heavy atom. The topological polar surface area (TPSA) is 32.3 Å². The molecular weight excluding hydrogens is 284 g/mol. The summed E-state index contributed by atoms with van der Waals surface area (Å²) in [6.45, 7) is 3.06. The average molecular weight is 301 g/mol. The van der Waals surface area contributed by atoms with E-state index in [0.29, 0.717) is 0 Å². The summed E-state index contributed by atoms with van der Waals surface area (Å²) in [6.07, 6.45) is 0.882. The van der Waals surface area contributed by atoms with Gasteiger partial charge in [0.25, 0.3) is 0 Å². The molecule has 0 fully saturated rings. The number of halogens is 1. The normalized spacial score (nSPS) is 12.6. The van der Waals surface area contributed by atoms with Gasteiger partial charge in [-0.2, -0.15) is 0 Å². The number of benzene rings is 2. The van der Waals surface area contributed by atoms with E-state index in [4.69, 9.17) is 11.6 Å². The van der Waals surface area contributed by atoms with Gasteiger partial charge in [-0.15, -0.1) is 11.6 Å². The molecule has 2 aromatic carbocycles. The highest BCUT2D eigenvalue weighted by Gasteiger charge is 2.21. The molecule has 0 spiro atoms. The molecule has 4 heteroatoms. The van der Waals surface area contributed by atoms with Crippen molar-refractivity contribution in [3.63, 3.8) is 0 Å². The summed E-state index contributed by atoms with van der Waals surface area (Å²) in [5, 5.41) is 2.81. The molecule has 0 atom stereocenters. The Hall–Kier alpha value is -2.00. The predicted octanol–water partition coefficient (Wildman–Crippen LogP) is 3.93. The van der Waals surface area contributed by atoms with Crippen molar-refractivity contribution >= 4 is 34.6 Å². The van der Waals surface area contributed by atoms with Gasteiger partial charge in [-0.3, -0.25) is 4.79 Å². The standard InChI is InChI=1S/C17H17ClN2O/c1-2-20-15-6-4-3-5-12(15)9-13-10-14(7-8-16(13)20)19-17(21)11-18/h3-8,10H,2,9,11H2,1H3,(H,19,21). The molecule has 3 nitrogen and oxygen atoms in total. The minimum atomic E-state index is -0.180. The maximum absolute atomic E-state index is 11.4. The van der Waals surface area contributed by atoms with Crippen molar-refractivity contribution in [2.45, 2.75) is 13.3 Å². The summed E-state index contributed by atoms with van der Waals surface area (Å²) in [7, 11) is 0. The molecule has 0 aromatic heterocycles. The summed E-state index contributed by atoms with van der Waals surface area (Å²) in [5.41, 5.74) is 5.82. The zero-order valence-electron chi connectivity index (χ0n) is 11.9. The Labute approximate surface area is 129 Å². The van der Waals surface area contributed by atoms with E-state index >= 15 is 0 Å². The quantitative estimate of drug-likeness (QED) is 0.871. The van der Waals surface area contributed by atoms with E-state index in [1.165, 1.54) is 22.5 Å². The first-order valence-electron chi connectivity index (χ1n) is 7.07. The van der Waals surface area contributed by atoms with E-state index < -0.39 is 0 Å². The van der Waals surface area contributed by atoms with Gasteiger partial charge in [-0.1, -0.05) is 18.2 Å². The van der Waals surface area contributed by atoms with E-state index in [1.54, 1.807) is 0 Å². The summed E-state index contributed by atoms with van der Waals surface area (Å²) >= 11 is 5.54. The number of nitrogens with one attached hydrogen (secondary N) is 1. The maximum Gasteiger partial charge on any atom is 0.239 e. The molecule has 2 aromatic rings. The molecule has 0 radical (unpaired) electrons. The van der Waals surface area contributed by atoms with Crippen LogP contribution in [0, 0.1) is 0 Å². The zero-order chi connectivity index (χ0) is 14.8. The van der Waals surface area contributed by atoms with E-state index in [-0.39, 0.29) is 11.8 Å². The lowest BCUT2D eigenvalue weighted by Gasteiger charge is -2.32. The Morgan fingerprint density at radius 3 is 2.71 bits per heavy atom. The first-order chi connectivity index (χ1) is 10.2. The van der Waals surface area contributed by atoms with Crippen molar-refractivity contribution in [3.05, 3.63) is 53.6 Å². The molecule has 1 aliphatic heterocycles. The van der Waals surface area contributed by atoms with Crippen LogP contribution in [0.1, 0.15) is 18.1 Å². The van der Waals surface area contributed by atoms with Crippen LogP contribution < -0.4 is 10.2 Å². The van der Waals surface area contributed by atoms with Gasteiger partial charge in [0.2, 0.25) is 5.91 Å². The highest BCUT2D eigenvalue weighted by Crippen LogP contribution is 2.39. The fourth-order valence-electron chi connectivity index (χ4n) is 2.86. The molecule has 0 bridgehead atoms. The number of carbonyl (C=O) groups excluding carboxylic acids is 1. The molecule has 3 rings (SSSR count). The third kappa shape index (κ3) is 2.61. The third-order valence-corrected chi connectivity index (χ3v) is 4.00. The van der Waals surface area contributed by atoms with Crippen molar-refractivity contribution in [2.75, 3.05) is 22.6 Å². The van der Waals surface area contributed by atoms with Crippen LogP contribution >= 0.6 is 11.6 Å². The Kier molecular flexibility index (Phi) is 3.84. The van der Waals surface area contributed by atoms with Crippen molar-refractivity contribution < 1.29 is 4.79 Å². The number of fused-ring (bicyclic) bond motifs is 2. The summed E-state index contributed by atoms with van der Waals surface area (Å²) in [6, 6.07) is 14.5. The van der Waals surface area contributed by atoms with Crippen LogP contribution in [0.3, 0.4) is 0 Å². The van der Waals surface area contributed by atoms with E-state index in [9.17, 15) is 4.79 Å². The van der Waals surface area contributed by atoms with E-state index in [2.05, 4.69) is 47.5 Å². The zero-order valence-corrected chi connectivity index (χ0v) is 12.7. The number of para-hydroxylation sites is 1. The molecule has 0 saturated carbocycles. The third-order valence-electron chi connectivity index (χ3n) is 3.75. The average Bonchev–Trinajstić information content (AvgIpc) is 2.52. The lowest BCUT2D eigenvalue weighted by Crippen LogP contribution is -2.23. The summed E-state index contributed by atoms with van der Waals surface area (Å²) < 4.78 is 0. The van der Waals surface area contributed by atoms with Crippen LogP contribution in [-0.4, -0.2) is 18.3 Å². The van der Waals surface area contributed by atoms with Crippen LogP contribution in [0.25, 0.3) is 0 Å². The molecule has 0 aliphatic carbocycles. The largest absolute Gasteiger partial charge is 0.341 e. The van der Waals surface area contributed by atoms with Crippen molar-refractivity contribution in [1.82, 2.24) is 0 Å². The van der Waals surface area contributed by atoms with E-state index in [0.717, 1.165) is 18.7 Å². The van der Waals surface area contributed by atoms with Crippen LogP contribution in [0.4, 0.5) is 17.1 Å². The van der Waals surface area contributed by atoms with Crippen molar-refractivity contribution in [1.29, 1.82) is 0 Å². The number of rotatable bonds is 3. The molecule has 1 aliphatic rings. The van der Waals surface area contributed by atoms with Crippen molar-refractivity contribution in [3.8, 4) is 0 Å². The highest BCUT2D eigenvalue weighted by atomic mass is 35.5. The van der Waals surface area contributed by atoms with Gasteiger partial charge in [-0.05, 0) is 42.3 Å². The number of hydrogen-bond donors (Lipinski definition) is 1. The molecule has 1 amide bonds. The second-order valence-corrected chi connectivity index (χ2v) is 5.34. The van der Waals surface area contributed by atoms with Crippen LogP contribution in [0.2, 0.25) is 0 Å². The molecule has 0 saturated heterocycles. The van der Waals surface area contributed by atoms with Gasteiger partial charge in [0, 0.05) is 30.0 Å². The molecule has 0 unspecified atom stereocenters. The molecule has 1 N–H and O–H groups in total. The molecule has 108 valence electrons. The van der Waals surface area contributed by atoms with Crippen LogP contribution in [-0.2, 0) is 11.2 Å². The second kappa shape index (κ2) is 5.78. The number of alkyl halides is 1. The number of hydrogen-bond acceptors (Lipinski definition) is 2. The number of nitrogens with zero attached hydrogens (tertiary/aromatic N) is 1. The fourth-order valence-corrected chi connectivity index (χ4v) is 2.93. The first-order valence-corrected chi connectivity index (χ1v) is 7.60. The van der Waals surface area contributed by atoms with Crippen LogP contribution in [0.5, 0.6) is 0 Å². The van der Waals surface area contributed by atoms with Gasteiger partial charge < -0.3 is 10.2 Å². The predicted molar refractivity (Wildman–Crippen MR) is 87.7 cm³/mol. The second-order valence-electron chi connectivity index (χ2n) is 5.08. The van der Waals surface area contributed by atoms with Gasteiger partial charge in [0.05, 0.1) is 0 Å². The monoisotopic (exact) mass is 300 g/mol. The van der Waals surface area contributed by atoms with Gasteiger partial charge in [0.1, 0.15) is 5.88 Å². The molecule has 1 heterocycles. The smallest absolute Gasteiger partial charge is 0.239 e. The van der Waals surface area contributed by atoms with Gasteiger partial charge in [0.15, 0.2) is 0 Å². The molecular formula is C17H17ClN2O. The summed E-state index contributed by atoms with van der Waals surface area (Å²) in [5.74, 6) is -0.207. The Bertz CT molecular complexity index is 684. The lowest BCUT2D eigenvalue weighted by molar-refractivity contribution is -0.113. The first kappa shape index (κ1) is 14.0. The van der Waals surface area contributed by atoms with Gasteiger partial charge in [-0.25, -0.2) is 0 Å².